The molecule has 0 bridgehead atoms. The van der Waals surface area contributed by atoms with Crippen LogP contribution < -0.4 is 5.32 Å². The number of aliphatic imine (C=N–C) groups is 1. The quantitative estimate of drug-likeness (QED) is 0.466. The molecule has 0 radical (unpaired) electrons. The summed E-state index contributed by atoms with van der Waals surface area (Å²) in [5, 5.41) is 12.1. The van der Waals surface area contributed by atoms with Crippen LogP contribution >= 0.6 is 34.7 Å². The van der Waals surface area contributed by atoms with Crippen LogP contribution in [0.2, 0.25) is 5.02 Å². The van der Waals surface area contributed by atoms with Crippen molar-refractivity contribution in [3.63, 3.8) is 0 Å². The summed E-state index contributed by atoms with van der Waals surface area (Å²) in [6.07, 6.45) is 0.741. The van der Waals surface area contributed by atoms with E-state index < -0.39 is 5.25 Å². The molecular formula is C25H21ClN4O2S2. The van der Waals surface area contributed by atoms with E-state index in [1.165, 1.54) is 11.8 Å². The first-order valence-corrected chi connectivity index (χ1v) is 12.9. The number of thioether (sulfide) groups is 1. The number of aryl methyl sites for hydroxylation is 1. The van der Waals surface area contributed by atoms with Gasteiger partial charge in [-0.25, -0.2) is 5.01 Å². The average Bonchev–Trinajstić information content (AvgIpc) is 3.57. The number of rotatable bonds is 5. The Bertz CT molecular complexity index is 1290. The molecule has 1 N–H and O–H groups in total. The number of thiophene rings is 1. The molecule has 6 nitrogen and oxygen atoms in total. The number of amidine groups is 1. The predicted molar refractivity (Wildman–Crippen MR) is 140 cm³/mol. The molecular weight excluding hydrogens is 488 g/mol. The highest BCUT2D eigenvalue weighted by atomic mass is 35.5. The Balaban J connectivity index is 1.31. The Morgan fingerprint density at radius 1 is 1.18 bits per heavy atom. The second kappa shape index (κ2) is 9.74. The van der Waals surface area contributed by atoms with Gasteiger partial charge in [0.25, 0.3) is 5.91 Å². The van der Waals surface area contributed by atoms with E-state index in [1.54, 1.807) is 23.5 Å². The normalized spacial score (nSPS) is 19.8. The Labute approximate surface area is 210 Å². The summed E-state index contributed by atoms with van der Waals surface area (Å²) in [4.78, 5) is 30.7. The molecule has 0 fully saturated rings. The van der Waals surface area contributed by atoms with Crippen LogP contribution in [-0.2, 0) is 9.59 Å². The van der Waals surface area contributed by atoms with E-state index in [9.17, 15) is 9.59 Å². The van der Waals surface area contributed by atoms with Crippen molar-refractivity contribution in [1.82, 2.24) is 5.01 Å². The minimum Gasteiger partial charge on any atom is -0.326 e. The third-order valence-corrected chi connectivity index (χ3v) is 8.12. The summed E-state index contributed by atoms with van der Waals surface area (Å²) >= 11 is 9.09. The highest BCUT2D eigenvalue weighted by Gasteiger charge is 2.39. The van der Waals surface area contributed by atoms with Crippen LogP contribution in [0, 0.1) is 6.92 Å². The number of hydrogen-bond acceptors (Lipinski definition) is 6. The Morgan fingerprint density at radius 3 is 2.74 bits per heavy atom. The van der Waals surface area contributed by atoms with Crippen molar-refractivity contribution < 1.29 is 9.59 Å². The van der Waals surface area contributed by atoms with Gasteiger partial charge >= 0.3 is 0 Å². The molecule has 9 heteroatoms. The highest BCUT2D eigenvalue weighted by molar-refractivity contribution is 8.15. The molecule has 2 amide bonds. The van der Waals surface area contributed by atoms with Gasteiger partial charge in [0.15, 0.2) is 5.17 Å². The van der Waals surface area contributed by atoms with Gasteiger partial charge in [0.2, 0.25) is 5.91 Å². The molecule has 1 aromatic heterocycles. The first-order chi connectivity index (χ1) is 16.5. The molecule has 2 aliphatic rings. The number of hydrogen-bond donors (Lipinski definition) is 1. The Hall–Kier alpha value is -2.94. The van der Waals surface area contributed by atoms with E-state index in [0.717, 1.165) is 28.1 Å². The van der Waals surface area contributed by atoms with Gasteiger partial charge in [-0.3, -0.25) is 9.59 Å². The largest absolute Gasteiger partial charge is 0.326 e. The molecule has 172 valence electrons. The maximum Gasteiger partial charge on any atom is 0.262 e. The lowest BCUT2D eigenvalue weighted by molar-refractivity contribution is -0.121. The molecule has 2 atom stereocenters. The van der Waals surface area contributed by atoms with Gasteiger partial charge < -0.3 is 5.32 Å². The second-order valence-electron chi connectivity index (χ2n) is 8.05. The lowest BCUT2D eigenvalue weighted by atomic mass is 10.0. The van der Waals surface area contributed by atoms with Crippen molar-refractivity contribution >= 4 is 63.1 Å². The first-order valence-electron chi connectivity index (χ1n) is 10.8. The van der Waals surface area contributed by atoms with Crippen molar-refractivity contribution in [2.24, 2.45) is 10.1 Å². The van der Waals surface area contributed by atoms with Gasteiger partial charge in [-0.05, 0) is 41.6 Å². The van der Waals surface area contributed by atoms with E-state index in [0.29, 0.717) is 15.9 Å². The van der Waals surface area contributed by atoms with Crippen LogP contribution in [0.5, 0.6) is 0 Å². The number of benzene rings is 2. The van der Waals surface area contributed by atoms with Crippen LogP contribution in [0.15, 0.2) is 76.1 Å². The average molecular weight is 509 g/mol. The molecule has 34 heavy (non-hydrogen) atoms. The molecule has 0 saturated carbocycles. The summed E-state index contributed by atoms with van der Waals surface area (Å²) in [7, 11) is 0. The maximum absolute atomic E-state index is 12.7. The third kappa shape index (κ3) is 4.80. The number of nitrogens with zero attached hydrogens (tertiary/aromatic N) is 3. The van der Waals surface area contributed by atoms with Gasteiger partial charge in [0.05, 0.1) is 16.6 Å². The summed E-state index contributed by atoms with van der Waals surface area (Å²) in [6.45, 7) is 1.90. The van der Waals surface area contributed by atoms with Gasteiger partial charge in [-0.15, -0.1) is 11.3 Å². The van der Waals surface area contributed by atoms with E-state index in [-0.39, 0.29) is 24.3 Å². The van der Waals surface area contributed by atoms with Crippen molar-refractivity contribution in [3.05, 3.63) is 87.1 Å². The molecule has 3 aromatic rings. The number of anilines is 1. The Morgan fingerprint density at radius 2 is 2.00 bits per heavy atom. The van der Waals surface area contributed by atoms with Crippen LogP contribution in [0.4, 0.5) is 5.69 Å². The van der Waals surface area contributed by atoms with Crippen molar-refractivity contribution in [1.29, 1.82) is 0 Å². The van der Waals surface area contributed by atoms with E-state index in [4.69, 9.17) is 16.7 Å². The second-order valence-corrected chi connectivity index (χ2v) is 10.6. The summed E-state index contributed by atoms with van der Waals surface area (Å²) < 4.78 is 0. The minimum absolute atomic E-state index is 0.0212. The minimum atomic E-state index is -0.590. The molecule has 0 spiro atoms. The molecule has 2 unspecified atom stereocenters. The number of nitrogens with one attached hydrogen (secondary N) is 1. The number of halogens is 1. The standard InChI is InChI=1S/C25H21ClN4O2S2/c1-15-9-10-17(12-18(15)26)27-23(31)14-22-24(32)28-25(34-22)30-20(16-6-3-2-4-7-16)13-19(29-30)21-8-5-11-33-21/h2-12,20,22H,13-14H2,1H3,(H,27,31). The molecule has 2 aromatic carbocycles. The number of hydrazone groups is 1. The van der Waals surface area contributed by atoms with Crippen molar-refractivity contribution in [2.75, 3.05) is 5.32 Å². The SMILES string of the molecule is Cc1ccc(NC(=O)CC2SC(N3N=C(c4cccs4)CC3c3ccccc3)=NC2=O)cc1Cl. The zero-order chi connectivity index (χ0) is 23.7. The van der Waals surface area contributed by atoms with Gasteiger partial charge in [0.1, 0.15) is 5.25 Å². The molecule has 3 heterocycles. The molecule has 0 saturated heterocycles. The molecule has 5 rings (SSSR count). The van der Waals surface area contributed by atoms with Crippen LogP contribution in [0.1, 0.15) is 34.9 Å². The fraction of sp³-hybridized carbons (Fsp3) is 0.200. The van der Waals surface area contributed by atoms with Gasteiger partial charge in [0, 0.05) is 23.6 Å². The van der Waals surface area contributed by atoms with Gasteiger partial charge in [-0.2, -0.15) is 10.1 Å². The fourth-order valence-electron chi connectivity index (χ4n) is 3.87. The lowest BCUT2D eigenvalue weighted by Crippen LogP contribution is -2.25. The fourth-order valence-corrected chi connectivity index (χ4v) is 5.83. The summed E-state index contributed by atoms with van der Waals surface area (Å²) in [5.41, 5.74) is 3.61. The molecule has 0 aliphatic carbocycles. The predicted octanol–water partition coefficient (Wildman–Crippen LogP) is 5.89. The zero-order valence-electron chi connectivity index (χ0n) is 18.3. The van der Waals surface area contributed by atoms with E-state index in [1.807, 2.05) is 53.7 Å². The van der Waals surface area contributed by atoms with Crippen molar-refractivity contribution in [3.8, 4) is 0 Å². The summed E-state index contributed by atoms with van der Waals surface area (Å²) in [6, 6.07) is 19.4. The molecule has 2 aliphatic heterocycles. The first kappa shape index (κ1) is 22.8. The topological polar surface area (TPSA) is 74.1 Å². The monoisotopic (exact) mass is 508 g/mol. The van der Waals surface area contributed by atoms with E-state index >= 15 is 0 Å². The van der Waals surface area contributed by atoms with Crippen LogP contribution in [0.3, 0.4) is 0 Å². The summed E-state index contributed by atoms with van der Waals surface area (Å²) in [5.74, 6) is -0.574. The third-order valence-electron chi connectivity index (χ3n) is 5.65. The number of amides is 2. The smallest absolute Gasteiger partial charge is 0.262 e. The number of carbonyl (C=O) groups excluding carboxylic acids is 2. The lowest BCUT2D eigenvalue weighted by Gasteiger charge is -2.23. The Kier molecular flexibility index (Phi) is 6.54. The van der Waals surface area contributed by atoms with Gasteiger partial charge in [-0.1, -0.05) is 65.8 Å². The van der Waals surface area contributed by atoms with E-state index in [2.05, 4.69) is 22.4 Å². The number of carbonyl (C=O) groups is 2. The van der Waals surface area contributed by atoms with Crippen molar-refractivity contribution in [2.45, 2.75) is 31.1 Å². The van der Waals surface area contributed by atoms with Crippen LogP contribution in [0.25, 0.3) is 0 Å². The highest BCUT2D eigenvalue weighted by Crippen LogP contribution is 2.39. The van der Waals surface area contributed by atoms with Crippen LogP contribution in [-0.4, -0.2) is 33.0 Å². The zero-order valence-corrected chi connectivity index (χ0v) is 20.7. The maximum atomic E-state index is 12.7.